The molecule has 3 unspecified atom stereocenters. The van der Waals surface area contributed by atoms with E-state index in [9.17, 15) is 13.2 Å². The van der Waals surface area contributed by atoms with Crippen LogP contribution in [0.3, 0.4) is 0 Å². The van der Waals surface area contributed by atoms with Crippen molar-refractivity contribution >= 4 is 0 Å². The van der Waals surface area contributed by atoms with Gasteiger partial charge < -0.3 is 0 Å². The first-order valence-corrected chi connectivity index (χ1v) is 8.02. The Morgan fingerprint density at radius 2 is 1.90 bits per heavy atom. The maximum Gasteiger partial charge on any atom is 0.241 e. The zero-order valence-electron chi connectivity index (χ0n) is 13.1. The molecule has 0 bridgehead atoms. The van der Waals surface area contributed by atoms with Crippen molar-refractivity contribution < 1.29 is 13.2 Å². The van der Waals surface area contributed by atoms with Crippen LogP contribution < -0.4 is 0 Å². The van der Waals surface area contributed by atoms with Crippen LogP contribution in [0.25, 0.3) is 0 Å². The van der Waals surface area contributed by atoms with E-state index < -0.39 is 12.3 Å². The smallest absolute Gasteiger partial charge is 0.210 e. The maximum absolute atomic E-state index is 14.1. The summed E-state index contributed by atoms with van der Waals surface area (Å²) < 4.78 is 40.2. The Bertz CT molecular complexity index is 483. The molecule has 0 aliphatic heterocycles. The summed E-state index contributed by atoms with van der Waals surface area (Å²) in [4.78, 5) is 0. The molecule has 118 valence electrons. The Labute approximate surface area is 125 Å². The number of fused-ring (bicyclic) bond motifs is 1. The molecule has 3 heteroatoms. The monoisotopic (exact) mass is 298 g/mol. The molecule has 0 amide bonds. The molecule has 0 aromatic heterocycles. The molecule has 0 heterocycles. The van der Waals surface area contributed by atoms with E-state index in [1.165, 1.54) is 6.07 Å². The first-order chi connectivity index (χ1) is 9.95. The van der Waals surface area contributed by atoms with Crippen molar-refractivity contribution in [1.82, 2.24) is 0 Å². The molecule has 1 aliphatic carbocycles. The Kier molecular flexibility index (Phi) is 5.00. The average Bonchev–Trinajstić information content (AvgIpc) is 2.42. The van der Waals surface area contributed by atoms with Gasteiger partial charge >= 0.3 is 0 Å². The summed E-state index contributed by atoms with van der Waals surface area (Å²) >= 11 is 0. The minimum Gasteiger partial charge on any atom is -0.210 e. The summed E-state index contributed by atoms with van der Waals surface area (Å²) in [5.41, 5.74) is 1.56. The molecule has 1 aromatic carbocycles. The van der Waals surface area contributed by atoms with Crippen LogP contribution in [0.1, 0.15) is 69.9 Å². The van der Waals surface area contributed by atoms with Crippen LogP contribution in [-0.4, -0.2) is 6.43 Å². The van der Waals surface area contributed by atoms with E-state index in [4.69, 9.17) is 0 Å². The SMILES string of the molecule is CCCC(CCC1(C)c2c(F)cccc2C1CC)C(F)F. The van der Waals surface area contributed by atoms with Crippen LogP contribution in [0.5, 0.6) is 0 Å². The van der Waals surface area contributed by atoms with Crippen LogP contribution in [0.2, 0.25) is 0 Å². The van der Waals surface area contributed by atoms with Gasteiger partial charge in [-0.15, -0.1) is 0 Å². The molecule has 1 aliphatic rings. The fraction of sp³-hybridized carbons (Fsp3) is 0.667. The van der Waals surface area contributed by atoms with Gasteiger partial charge in [-0.05, 0) is 48.8 Å². The summed E-state index contributed by atoms with van der Waals surface area (Å²) in [5, 5.41) is 0. The second kappa shape index (κ2) is 6.41. The lowest BCUT2D eigenvalue weighted by Crippen LogP contribution is -2.42. The number of rotatable bonds is 7. The molecule has 0 nitrogen and oxygen atoms in total. The lowest BCUT2D eigenvalue weighted by atomic mass is 9.54. The zero-order valence-corrected chi connectivity index (χ0v) is 13.1. The quantitative estimate of drug-likeness (QED) is 0.574. The predicted molar refractivity (Wildman–Crippen MR) is 80.4 cm³/mol. The summed E-state index contributed by atoms with van der Waals surface area (Å²) in [6.45, 7) is 6.07. The highest BCUT2D eigenvalue weighted by Gasteiger charge is 2.48. The van der Waals surface area contributed by atoms with Gasteiger partial charge in [0.25, 0.3) is 0 Å². The van der Waals surface area contributed by atoms with Gasteiger partial charge in [-0.1, -0.05) is 39.3 Å². The normalized spacial score (nSPS) is 25.6. The minimum absolute atomic E-state index is 0.177. The van der Waals surface area contributed by atoms with Crippen molar-refractivity contribution in [2.75, 3.05) is 0 Å². The van der Waals surface area contributed by atoms with E-state index >= 15 is 0 Å². The maximum atomic E-state index is 14.1. The summed E-state index contributed by atoms with van der Waals surface area (Å²) in [5.74, 6) is -0.438. The van der Waals surface area contributed by atoms with Crippen molar-refractivity contribution in [2.24, 2.45) is 5.92 Å². The molecule has 0 fully saturated rings. The molecule has 21 heavy (non-hydrogen) atoms. The lowest BCUT2D eigenvalue weighted by Gasteiger charge is -2.50. The van der Waals surface area contributed by atoms with E-state index in [0.29, 0.717) is 25.2 Å². The van der Waals surface area contributed by atoms with Crippen LogP contribution in [0, 0.1) is 11.7 Å². The number of hydrogen-bond acceptors (Lipinski definition) is 0. The van der Waals surface area contributed by atoms with Crippen LogP contribution >= 0.6 is 0 Å². The molecular weight excluding hydrogens is 273 g/mol. The van der Waals surface area contributed by atoms with Crippen LogP contribution in [0.4, 0.5) is 13.2 Å². The number of hydrogen-bond donors (Lipinski definition) is 0. The predicted octanol–water partition coefficient (Wildman–Crippen LogP) is 6.05. The standard InChI is InChI=1S/C18H25F3/c1-4-7-12(17(20)21)10-11-18(3)14(5-2)13-8-6-9-15(19)16(13)18/h6,8-9,12,14,17H,4-5,7,10-11H2,1-3H3. The molecule has 0 radical (unpaired) electrons. The zero-order chi connectivity index (χ0) is 15.6. The summed E-state index contributed by atoms with van der Waals surface area (Å²) in [6, 6.07) is 5.21. The van der Waals surface area contributed by atoms with Crippen molar-refractivity contribution in [1.29, 1.82) is 0 Å². The van der Waals surface area contributed by atoms with Crippen LogP contribution in [-0.2, 0) is 5.41 Å². The van der Waals surface area contributed by atoms with E-state index in [2.05, 4.69) is 6.92 Å². The first kappa shape index (κ1) is 16.4. The highest BCUT2D eigenvalue weighted by atomic mass is 19.3. The second-order valence-electron chi connectivity index (χ2n) is 6.50. The molecule has 3 atom stereocenters. The third-order valence-electron chi connectivity index (χ3n) is 5.22. The number of halogens is 3. The molecule has 0 saturated carbocycles. The van der Waals surface area contributed by atoms with Crippen molar-refractivity contribution in [3.8, 4) is 0 Å². The van der Waals surface area contributed by atoms with Gasteiger partial charge in [0.15, 0.2) is 0 Å². The largest absolute Gasteiger partial charge is 0.241 e. The first-order valence-electron chi connectivity index (χ1n) is 8.02. The second-order valence-corrected chi connectivity index (χ2v) is 6.50. The van der Waals surface area contributed by atoms with E-state index in [1.54, 1.807) is 6.07 Å². The topological polar surface area (TPSA) is 0 Å². The fourth-order valence-electron chi connectivity index (χ4n) is 4.10. The third kappa shape index (κ3) is 2.84. The fourth-order valence-corrected chi connectivity index (χ4v) is 4.10. The summed E-state index contributed by atoms with van der Waals surface area (Å²) in [7, 11) is 0. The van der Waals surface area contributed by atoms with Gasteiger partial charge in [0, 0.05) is 11.3 Å². The molecule has 2 rings (SSSR count). The Hall–Kier alpha value is -0.990. The Balaban J connectivity index is 2.16. The average molecular weight is 298 g/mol. The number of alkyl halides is 2. The van der Waals surface area contributed by atoms with Crippen LogP contribution in [0.15, 0.2) is 18.2 Å². The summed E-state index contributed by atoms with van der Waals surface area (Å²) in [6.07, 6.45) is 1.11. The van der Waals surface area contributed by atoms with E-state index in [0.717, 1.165) is 24.0 Å². The molecular formula is C18H25F3. The molecule has 0 spiro atoms. The van der Waals surface area contributed by atoms with Crippen molar-refractivity contribution in [3.63, 3.8) is 0 Å². The molecule has 0 saturated heterocycles. The van der Waals surface area contributed by atoms with Gasteiger partial charge in [0.2, 0.25) is 6.43 Å². The van der Waals surface area contributed by atoms with Crippen molar-refractivity contribution in [3.05, 3.63) is 35.1 Å². The minimum atomic E-state index is -2.27. The molecule has 1 aromatic rings. The Morgan fingerprint density at radius 1 is 1.19 bits per heavy atom. The number of benzene rings is 1. The van der Waals surface area contributed by atoms with Gasteiger partial charge in [-0.25, -0.2) is 13.2 Å². The molecule has 0 N–H and O–H groups in total. The van der Waals surface area contributed by atoms with Gasteiger partial charge in [0.05, 0.1) is 0 Å². The van der Waals surface area contributed by atoms with Gasteiger partial charge in [-0.3, -0.25) is 0 Å². The lowest BCUT2D eigenvalue weighted by molar-refractivity contribution is 0.0594. The van der Waals surface area contributed by atoms with Gasteiger partial charge in [0.1, 0.15) is 5.82 Å². The van der Waals surface area contributed by atoms with E-state index in [-0.39, 0.29) is 11.2 Å². The van der Waals surface area contributed by atoms with E-state index in [1.807, 2.05) is 19.9 Å². The van der Waals surface area contributed by atoms with Crippen molar-refractivity contribution in [2.45, 2.75) is 70.6 Å². The van der Waals surface area contributed by atoms with Gasteiger partial charge in [-0.2, -0.15) is 0 Å². The Morgan fingerprint density at radius 3 is 2.48 bits per heavy atom. The highest BCUT2D eigenvalue weighted by Crippen LogP contribution is 2.57. The third-order valence-corrected chi connectivity index (χ3v) is 5.22. The highest BCUT2D eigenvalue weighted by molar-refractivity contribution is 5.50.